The van der Waals surface area contributed by atoms with Crippen LogP contribution >= 0.6 is 0 Å². The zero-order valence-corrected chi connectivity index (χ0v) is 13.4. The third kappa shape index (κ3) is 2.69. The van der Waals surface area contributed by atoms with E-state index in [1.54, 1.807) is 25.1 Å². The molecule has 1 aromatic heterocycles. The van der Waals surface area contributed by atoms with E-state index in [2.05, 4.69) is 5.32 Å². The Hall–Kier alpha value is -1.98. The molecule has 1 aromatic rings. The molecular formula is C16H23N3O3. The van der Waals surface area contributed by atoms with Gasteiger partial charge in [-0.25, -0.2) is 4.79 Å². The molecule has 2 fully saturated rings. The molecule has 0 bridgehead atoms. The first-order valence-electron chi connectivity index (χ1n) is 7.72. The van der Waals surface area contributed by atoms with E-state index in [4.69, 9.17) is 4.42 Å². The summed E-state index contributed by atoms with van der Waals surface area (Å²) in [5.74, 6) is 1.16. The summed E-state index contributed by atoms with van der Waals surface area (Å²) in [5, 5.41) is 3.01. The zero-order chi connectivity index (χ0) is 15.9. The summed E-state index contributed by atoms with van der Waals surface area (Å²) in [4.78, 5) is 27.5. The van der Waals surface area contributed by atoms with Gasteiger partial charge in [-0.05, 0) is 43.7 Å². The fourth-order valence-corrected chi connectivity index (χ4v) is 3.54. The van der Waals surface area contributed by atoms with Gasteiger partial charge in [-0.3, -0.25) is 4.79 Å². The molecule has 6 nitrogen and oxygen atoms in total. The van der Waals surface area contributed by atoms with Gasteiger partial charge in [-0.15, -0.1) is 0 Å². The van der Waals surface area contributed by atoms with Crippen LogP contribution in [0.15, 0.2) is 16.5 Å². The molecule has 1 N–H and O–H groups in total. The first-order chi connectivity index (χ1) is 10.4. The molecule has 22 heavy (non-hydrogen) atoms. The Morgan fingerprint density at radius 2 is 2.09 bits per heavy atom. The highest BCUT2D eigenvalue weighted by Gasteiger charge is 2.50. The third-order valence-electron chi connectivity index (χ3n) is 4.77. The van der Waals surface area contributed by atoms with Crippen molar-refractivity contribution in [2.75, 3.05) is 27.2 Å². The second-order valence-corrected chi connectivity index (χ2v) is 6.84. The van der Waals surface area contributed by atoms with Crippen LogP contribution in [-0.4, -0.2) is 55.0 Å². The fourth-order valence-electron chi connectivity index (χ4n) is 3.54. The van der Waals surface area contributed by atoms with Crippen molar-refractivity contribution in [3.05, 3.63) is 23.7 Å². The number of nitrogens with zero attached hydrogens (tertiary/aromatic N) is 2. The van der Waals surface area contributed by atoms with Crippen LogP contribution in [0.1, 0.15) is 35.6 Å². The van der Waals surface area contributed by atoms with Crippen LogP contribution in [0, 0.1) is 12.3 Å². The molecule has 120 valence electrons. The van der Waals surface area contributed by atoms with Crippen molar-refractivity contribution in [2.45, 2.75) is 32.2 Å². The van der Waals surface area contributed by atoms with Crippen molar-refractivity contribution in [3.8, 4) is 0 Å². The van der Waals surface area contributed by atoms with Crippen LogP contribution < -0.4 is 5.32 Å². The van der Waals surface area contributed by atoms with E-state index in [9.17, 15) is 9.59 Å². The van der Waals surface area contributed by atoms with Gasteiger partial charge in [0, 0.05) is 33.2 Å². The van der Waals surface area contributed by atoms with Crippen molar-refractivity contribution in [1.29, 1.82) is 0 Å². The normalized spacial score (nSPS) is 26.9. The average Bonchev–Trinajstić information content (AvgIpc) is 3.04. The predicted molar refractivity (Wildman–Crippen MR) is 81.6 cm³/mol. The first-order valence-corrected chi connectivity index (χ1v) is 7.72. The van der Waals surface area contributed by atoms with Gasteiger partial charge < -0.3 is 19.5 Å². The molecule has 3 rings (SSSR count). The molecule has 0 atom stereocenters. The SMILES string of the molecule is Cc1ccc(C(=O)N2CCC3(CC(NC(=O)N(C)C)C3)C2)o1. The quantitative estimate of drug-likeness (QED) is 0.907. The Kier molecular flexibility index (Phi) is 3.62. The summed E-state index contributed by atoms with van der Waals surface area (Å²) < 4.78 is 5.42. The van der Waals surface area contributed by atoms with E-state index in [-0.39, 0.29) is 23.4 Å². The number of urea groups is 1. The Bertz CT molecular complexity index is 587. The van der Waals surface area contributed by atoms with E-state index in [0.717, 1.165) is 38.1 Å². The van der Waals surface area contributed by atoms with Crippen LogP contribution in [0.3, 0.4) is 0 Å². The lowest BCUT2D eigenvalue weighted by molar-refractivity contribution is 0.0639. The van der Waals surface area contributed by atoms with Crippen LogP contribution in [0.5, 0.6) is 0 Å². The number of amides is 3. The number of aryl methyl sites for hydroxylation is 1. The van der Waals surface area contributed by atoms with Gasteiger partial charge in [0.15, 0.2) is 5.76 Å². The predicted octanol–water partition coefficient (Wildman–Crippen LogP) is 1.85. The molecular weight excluding hydrogens is 282 g/mol. The van der Waals surface area contributed by atoms with Gasteiger partial charge in [0.1, 0.15) is 5.76 Å². The van der Waals surface area contributed by atoms with Gasteiger partial charge in [0.05, 0.1) is 0 Å². The maximum Gasteiger partial charge on any atom is 0.317 e. The zero-order valence-electron chi connectivity index (χ0n) is 13.4. The van der Waals surface area contributed by atoms with Crippen molar-refractivity contribution >= 4 is 11.9 Å². The summed E-state index contributed by atoms with van der Waals surface area (Å²) in [6, 6.07) is 3.74. The number of rotatable bonds is 2. The lowest BCUT2D eigenvalue weighted by Gasteiger charge is -2.45. The Morgan fingerprint density at radius 1 is 1.36 bits per heavy atom. The molecule has 2 heterocycles. The lowest BCUT2D eigenvalue weighted by atomic mass is 9.65. The number of carbonyl (C=O) groups is 2. The smallest absolute Gasteiger partial charge is 0.317 e. The summed E-state index contributed by atoms with van der Waals surface area (Å²) in [7, 11) is 3.48. The van der Waals surface area contributed by atoms with Crippen molar-refractivity contribution in [3.63, 3.8) is 0 Å². The highest BCUT2D eigenvalue weighted by atomic mass is 16.3. The number of furan rings is 1. The van der Waals surface area contributed by atoms with E-state index < -0.39 is 0 Å². The molecule has 2 aliphatic rings. The number of nitrogens with one attached hydrogen (secondary N) is 1. The van der Waals surface area contributed by atoms with Gasteiger partial charge in [-0.1, -0.05) is 0 Å². The number of hydrogen-bond donors (Lipinski definition) is 1. The standard InChI is InChI=1S/C16H23N3O3/c1-11-4-5-13(22-11)14(20)19-7-6-16(10-19)8-12(9-16)17-15(21)18(2)3/h4-5,12H,6-10H2,1-3H3,(H,17,21). The van der Waals surface area contributed by atoms with Gasteiger partial charge in [-0.2, -0.15) is 0 Å². The minimum atomic E-state index is -0.0446. The third-order valence-corrected chi connectivity index (χ3v) is 4.77. The molecule has 1 saturated carbocycles. The number of carbonyl (C=O) groups excluding carboxylic acids is 2. The topological polar surface area (TPSA) is 65.8 Å². The van der Waals surface area contributed by atoms with Crippen LogP contribution in [0.25, 0.3) is 0 Å². The van der Waals surface area contributed by atoms with Gasteiger partial charge in [0.25, 0.3) is 5.91 Å². The van der Waals surface area contributed by atoms with E-state index >= 15 is 0 Å². The summed E-state index contributed by atoms with van der Waals surface area (Å²) in [6.07, 6.45) is 2.91. The fraction of sp³-hybridized carbons (Fsp3) is 0.625. The number of hydrogen-bond acceptors (Lipinski definition) is 3. The maximum atomic E-state index is 12.4. The molecule has 1 aliphatic heterocycles. The van der Waals surface area contributed by atoms with Gasteiger partial charge >= 0.3 is 6.03 Å². The Morgan fingerprint density at radius 3 is 2.68 bits per heavy atom. The Labute approximate surface area is 130 Å². The molecule has 1 saturated heterocycles. The molecule has 0 radical (unpaired) electrons. The second kappa shape index (κ2) is 5.34. The highest BCUT2D eigenvalue weighted by Crippen LogP contribution is 2.48. The Balaban J connectivity index is 1.53. The molecule has 0 aromatic carbocycles. The second-order valence-electron chi connectivity index (χ2n) is 6.84. The molecule has 3 amide bonds. The number of likely N-dealkylation sites (tertiary alicyclic amines) is 1. The van der Waals surface area contributed by atoms with Crippen molar-refractivity contribution in [2.24, 2.45) is 5.41 Å². The largest absolute Gasteiger partial charge is 0.456 e. The van der Waals surface area contributed by atoms with Crippen molar-refractivity contribution in [1.82, 2.24) is 15.1 Å². The average molecular weight is 305 g/mol. The summed E-state index contributed by atoms with van der Waals surface area (Å²) in [5.41, 5.74) is 0.182. The van der Waals surface area contributed by atoms with Crippen LogP contribution in [0.4, 0.5) is 4.79 Å². The summed E-state index contributed by atoms with van der Waals surface area (Å²) >= 11 is 0. The van der Waals surface area contributed by atoms with E-state index in [0.29, 0.717) is 5.76 Å². The molecule has 6 heteroatoms. The first kappa shape index (κ1) is 14.9. The van der Waals surface area contributed by atoms with Crippen LogP contribution in [-0.2, 0) is 0 Å². The highest BCUT2D eigenvalue weighted by molar-refractivity contribution is 5.91. The van der Waals surface area contributed by atoms with E-state index in [1.165, 1.54) is 0 Å². The maximum absolute atomic E-state index is 12.4. The molecule has 1 aliphatic carbocycles. The minimum Gasteiger partial charge on any atom is -0.456 e. The van der Waals surface area contributed by atoms with E-state index in [1.807, 2.05) is 17.9 Å². The minimum absolute atomic E-state index is 0.0225. The monoisotopic (exact) mass is 305 g/mol. The lowest BCUT2D eigenvalue weighted by Crippen LogP contribution is -2.54. The van der Waals surface area contributed by atoms with Crippen molar-refractivity contribution < 1.29 is 14.0 Å². The molecule has 0 unspecified atom stereocenters. The molecule has 1 spiro atoms. The van der Waals surface area contributed by atoms with Crippen LogP contribution in [0.2, 0.25) is 0 Å². The summed E-state index contributed by atoms with van der Waals surface area (Å²) in [6.45, 7) is 3.37. The van der Waals surface area contributed by atoms with Gasteiger partial charge in [0.2, 0.25) is 0 Å².